The van der Waals surface area contributed by atoms with Crippen LogP contribution in [0.5, 0.6) is 0 Å². The molecule has 1 aliphatic rings. The summed E-state index contributed by atoms with van der Waals surface area (Å²) in [5.74, 6) is -0.264. The van der Waals surface area contributed by atoms with Crippen LogP contribution in [0.4, 0.5) is 0 Å². The normalized spacial score (nSPS) is 20.6. The van der Waals surface area contributed by atoms with Gasteiger partial charge in [0.2, 0.25) is 5.91 Å². The van der Waals surface area contributed by atoms with Crippen molar-refractivity contribution in [2.45, 2.75) is 0 Å². The summed E-state index contributed by atoms with van der Waals surface area (Å²) in [4.78, 5) is 10.8. The minimum Gasteiger partial charge on any atom is -0.354 e. The van der Waals surface area contributed by atoms with Crippen molar-refractivity contribution in [1.29, 1.82) is 0 Å². The highest BCUT2D eigenvalue weighted by Gasteiger charge is 2.25. The molecule has 0 unspecified atom stereocenters. The number of rotatable bonds is 2. The summed E-state index contributed by atoms with van der Waals surface area (Å²) < 4.78 is 25.5. The second-order valence-corrected chi connectivity index (χ2v) is 4.27. The first-order chi connectivity index (χ1) is 5.56. The molecule has 0 atom stereocenters. The molecule has 7 heteroatoms. The van der Waals surface area contributed by atoms with E-state index in [-0.39, 0.29) is 12.5 Å². The van der Waals surface area contributed by atoms with Gasteiger partial charge in [0.15, 0.2) is 0 Å². The van der Waals surface area contributed by atoms with E-state index in [9.17, 15) is 13.2 Å². The standard InChI is InChI=1S/C5H11N3O3S/c1-6-12(10,11)8-3-2-7-5(9)4-8/h6H,2-4H2,1H3,(H,7,9). The van der Waals surface area contributed by atoms with E-state index in [2.05, 4.69) is 10.0 Å². The van der Waals surface area contributed by atoms with Crippen molar-refractivity contribution in [3.8, 4) is 0 Å². The Bertz CT molecular complexity index is 274. The SMILES string of the molecule is CNS(=O)(=O)N1CCNC(=O)C1. The van der Waals surface area contributed by atoms with Gasteiger partial charge in [0.1, 0.15) is 0 Å². The fourth-order valence-corrected chi connectivity index (χ4v) is 1.83. The van der Waals surface area contributed by atoms with Crippen molar-refractivity contribution in [1.82, 2.24) is 14.3 Å². The zero-order chi connectivity index (χ0) is 9.19. The zero-order valence-electron chi connectivity index (χ0n) is 6.70. The van der Waals surface area contributed by atoms with Crippen LogP contribution < -0.4 is 10.0 Å². The van der Waals surface area contributed by atoms with Crippen molar-refractivity contribution in [3.05, 3.63) is 0 Å². The Balaban J connectivity index is 2.70. The lowest BCUT2D eigenvalue weighted by Gasteiger charge is -2.24. The Morgan fingerprint density at radius 1 is 1.58 bits per heavy atom. The Kier molecular flexibility index (Phi) is 2.65. The quantitative estimate of drug-likeness (QED) is 0.526. The minimum atomic E-state index is -3.43. The molecule has 1 fully saturated rings. The summed E-state index contributed by atoms with van der Waals surface area (Å²) >= 11 is 0. The molecule has 0 saturated carbocycles. The van der Waals surface area contributed by atoms with E-state index in [0.29, 0.717) is 13.1 Å². The van der Waals surface area contributed by atoms with Crippen molar-refractivity contribution in [3.63, 3.8) is 0 Å². The molecule has 1 heterocycles. The summed E-state index contributed by atoms with van der Waals surface area (Å²) in [6.45, 7) is 0.609. The second-order valence-electron chi connectivity index (χ2n) is 2.39. The van der Waals surface area contributed by atoms with E-state index in [1.54, 1.807) is 0 Å². The first-order valence-corrected chi connectivity index (χ1v) is 4.95. The largest absolute Gasteiger partial charge is 0.354 e. The molecule has 70 valence electrons. The molecule has 1 aliphatic heterocycles. The molecule has 0 aromatic heterocycles. The van der Waals surface area contributed by atoms with Crippen LogP contribution in [0, 0.1) is 0 Å². The Morgan fingerprint density at radius 3 is 2.75 bits per heavy atom. The number of piperazine rings is 1. The van der Waals surface area contributed by atoms with Gasteiger partial charge < -0.3 is 5.32 Å². The monoisotopic (exact) mass is 193 g/mol. The van der Waals surface area contributed by atoms with Crippen molar-refractivity contribution in [2.75, 3.05) is 26.7 Å². The Morgan fingerprint density at radius 2 is 2.25 bits per heavy atom. The molecule has 0 bridgehead atoms. The summed E-state index contributed by atoms with van der Waals surface area (Å²) in [5.41, 5.74) is 0. The highest BCUT2D eigenvalue weighted by molar-refractivity contribution is 7.87. The minimum absolute atomic E-state index is 0.0941. The van der Waals surface area contributed by atoms with E-state index in [0.717, 1.165) is 4.31 Å². The predicted molar refractivity (Wildman–Crippen MR) is 42.6 cm³/mol. The fraction of sp³-hybridized carbons (Fsp3) is 0.800. The molecule has 0 aliphatic carbocycles. The van der Waals surface area contributed by atoms with Crippen LogP contribution in [-0.2, 0) is 15.0 Å². The molecule has 1 saturated heterocycles. The van der Waals surface area contributed by atoms with Crippen molar-refractivity contribution < 1.29 is 13.2 Å². The number of carbonyl (C=O) groups excluding carboxylic acids is 1. The second kappa shape index (κ2) is 3.38. The average molecular weight is 193 g/mol. The maximum atomic E-state index is 11.1. The van der Waals surface area contributed by atoms with Gasteiger partial charge in [-0.05, 0) is 0 Å². The lowest BCUT2D eigenvalue weighted by molar-refractivity contribution is -0.122. The van der Waals surface area contributed by atoms with Gasteiger partial charge in [0.25, 0.3) is 10.2 Å². The molecule has 0 radical (unpaired) electrons. The van der Waals surface area contributed by atoms with Crippen LogP contribution >= 0.6 is 0 Å². The predicted octanol–water partition coefficient (Wildman–Crippen LogP) is -2.12. The van der Waals surface area contributed by atoms with Gasteiger partial charge in [0.05, 0.1) is 6.54 Å². The van der Waals surface area contributed by atoms with Crippen LogP contribution in [0.2, 0.25) is 0 Å². The third-order valence-electron chi connectivity index (χ3n) is 1.60. The van der Waals surface area contributed by atoms with Gasteiger partial charge in [-0.3, -0.25) is 4.79 Å². The third kappa shape index (κ3) is 1.93. The van der Waals surface area contributed by atoms with Gasteiger partial charge in [-0.1, -0.05) is 0 Å². The van der Waals surface area contributed by atoms with E-state index in [1.807, 2.05) is 0 Å². The highest BCUT2D eigenvalue weighted by atomic mass is 32.2. The highest BCUT2D eigenvalue weighted by Crippen LogP contribution is 1.98. The van der Waals surface area contributed by atoms with E-state index in [4.69, 9.17) is 0 Å². The summed E-state index contributed by atoms with van der Waals surface area (Å²) in [5, 5.41) is 2.54. The maximum Gasteiger partial charge on any atom is 0.279 e. The lowest BCUT2D eigenvalue weighted by atomic mass is 10.4. The number of nitrogens with zero attached hydrogens (tertiary/aromatic N) is 1. The smallest absolute Gasteiger partial charge is 0.279 e. The lowest BCUT2D eigenvalue weighted by Crippen LogP contribution is -2.52. The van der Waals surface area contributed by atoms with E-state index < -0.39 is 10.2 Å². The molecule has 1 amide bonds. The Hall–Kier alpha value is -0.660. The number of carbonyl (C=O) groups is 1. The Labute approximate surface area is 71.1 Å². The first kappa shape index (κ1) is 9.43. The molecular weight excluding hydrogens is 182 g/mol. The van der Waals surface area contributed by atoms with Crippen LogP contribution in [0.25, 0.3) is 0 Å². The van der Waals surface area contributed by atoms with Gasteiger partial charge >= 0.3 is 0 Å². The van der Waals surface area contributed by atoms with E-state index in [1.165, 1.54) is 7.05 Å². The van der Waals surface area contributed by atoms with E-state index >= 15 is 0 Å². The first-order valence-electron chi connectivity index (χ1n) is 3.51. The third-order valence-corrected chi connectivity index (χ3v) is 3.11. The van der Waals surface area contributed by atoms with Gasteiger partial charge in [0, 0.05) is 20.1 Å². The molecule has 0 aromatic carbocycles. The molecule has 2 N–H and O–H groups in total. The average Bonchev–Trinajstić information content (AvgIpc) is 2.05. The molecule has 6 nitrogen and oxygen atoms in total. The number of nitrogens with one attached hydrogen (secondary N) is 2. The summed E-state index contributed by atoms with van der Waals surface area (Å²) in [6.07, 6.45) is 0. The number of amides is 1. The number of hydrogen-bond acceptors (Lipinski definition) is 3. The topological polar surface area (TPSA) is 78.5 Å². The molecule has 12 heavy (non-hydrogen) atoms. The van der Waals surface area contributed by atoms with Crippen LogP contribution in [0.3, 0.4) is 0 Å². The fourth-order valence-electron chi connectivity index (χ4n) is 0.949. The van der Waals surface area contributed by atoms with Gasteiger partial charge in [-0.15, -0.1) is 0 Å². The van der Waals surface area contributed by atoms with Gasteiger partial charge in [-0.2, -0.15) is 12.7 Å². The van der Waals surface area contributed by atoms with Gasteiger partial charge in [-0.25, -0.2) is 4.72 Å². The van der Waals surface area contributed by atoms with Crippen molar-refractivity contribution >= 4 is 16.1 Å². The zero-order valence-corrected chi connectivity index (χ0v) is 7.52. The van der Waals surface area contributed by atoms with Crippen LogP contribution in [-0.4, -0.2) is 45.3 Å². The molecular formula is C5H11N3O3S. The molecule has 1 rings (SSSR count). The molecule has 0 aromatic rings. The summed E-state index contributed by atoms with van der Waals surface area (Å²) in [7, 11) is -2.11. The van der Waals surface area contributed by atoms with Crippen LogP contribution in [0.1, 0.15) is 0 Å². The maximum absolute atomic E-state index is 11.1. The van der Waals surface area contributed by atoms with Crippen molar-refractivity contribution in [2.24, 2.45) is 0 Å². The molecule has 0 spiro atoms. The summed E-state index contributed by atoms with van der Waals surface area (Å²) in [6, 6.07) is 0. The van der Waals surface area contributed by atoms with Crippen LogP contribution in [0.15, 0.2) is 0 Å². The number of hydrogen-bond donors (Lipinski definition) is 2.